The van der Waals surface area contributed by atoms with Crippen LogP contribution in [0.4, 0.5) is 0 Å². The Morgan fingerprint density at radius 2 is 2.04 bits per heavy atom. The Labute approximate surface area is 138 Å². The minimum Gasteiger partial charge on any atom is -0.466 e. The van der Waals surface area contributed by atoms with E-state index in [0.29, 0.717) is 12.5 Å². The highest BCUT2D eigenvalue weighted by molar-refractivity contribution is 5.88. The number of fused-ring (bicyclic) bond motifs is 1. The zero-order valence-electron chi connectivity index (χ0n) is 14.1. The molecule has 1 aromatic carbocycles. The van der Waals surface area contributed by atoms with Gasteiger partial charge >= 0.3 is 5.97 Å². The molecule has 2 aliphatic rings. The molecule has 3 atom stereocenters. The number of ether oxygens (including phenoxy) is 2. The zero-order valence-corrected chi connectivity index (χ0v) is 14.1. The number of allylic oxidation sites excluding steroid dienone is 1. The summed E-state index contributed by atoms with van der Waals surface area (Å²) < 4.78 is 11.2. The fraction of sp³-hybridized carbons (Fsp3) is 0.550. The fourth-order valence-electron chi connectivity index (χ4n) is 4.24. The van der Waals surface area contributed by atoms with E-state index >= 15 is 0 Å². The third-order valence-electron chi connectivity index (χ3n) is 5.48. The number of carbonyl (C=O) groups is 1. The van der Waals surface area contributed by atoms with Crippen molar-refractivity contribution < 1.29 is 14.3 Å². The third kappa shape index (κ3) is 3.50. The summed E-state index contributed by atoms with van der Waals surface area (Å²) in [5.74, 6) is 0.324. The lowest BCUT2D eigenvalue weighted by atomic mass is 9.61. The van der Waals surface area contributed by atoms with Gasteiger partial charge in [0.1, 0.15) is 0 Å². The number of hydrogen-bond acceptors (Lipinski definition) is 3. The second-order valence-electron chi connectivity index (χ2n) is 7.04. The molecule has 1 fully saturated rings. The molecule has 3 rings (SSSR count). The van der Waals surface area contributed by atoms with Gasteiger partial charge in [0.25, 0.3) is 0 Å². The minimum absolute atomic E-state index is 0.0569. The first-order valence-corrected chi connectivity index (χ1v) is 8.58. The molecule has 1 saturated carbocycles. The van der Waals surface area contributed by atoms with Crippen LogP contribution in [0, 0.1) is 11.3 Å². The second kappa shape index (κ2) is 6.88. The number of benzene rings is 1. The van der Waals surface area contributed by atoms with Crippen LogP contribution in [-0.2, 0) is 20.9 Å². The molecule has 1 unspecified atom stereocenters. The second-order valence-corrected chi connectivity index (χ2v) is 7.04. The van der Waals surface area contributed by atoms with Crippen LogP contribution >= 0.6 is 0 Å². The summed E-state index contributed by atoms with van der Waals surface area (Å²) in [6.07, 6.45) is 7.67. The Kier molecular flexibility index (Phi) is 4.86. The van der Waals surface area contributed by atoms with Gasteiger partial charge in [0.2, 0.25) is 0 Å². The van der Waals surface area contributed by atoms with E-state index in [1.54, 1.807) is 0 Å². The minimum atomic E-state index is -0.169. The van der Waals surface area contributed by atoms with Crippen molar-refractivity contribution in [3.8, 4) is 0 Å². The summed E-state index contributed by atoms with van der Waals surface area (Å²) >= 11 is 0. The van der Waals surface area contributed by atoms with Gasteiger partial charge in [-0.25, -0.2) is 4.79 Å². The van der Waals surface area contributed by atoms with E-state index in [9.17, 15) is 4.79 Å². The predicted octanol–water partition coefficient (Wildman–Crippen LogP) is 4.27. The summed E-state index contributed by atoms with van der Waals surface area (Å²) in [7, 11) is 1.46. The van der Waals surface area contributed by atoms with Crippen molar-refractivity contribution in [3.05, 3.63) is 47.5 Å². The normalized spacial score (nSPS) is 30.3. The van der Waals surface area contributed by atoms with E-state index < -0.39 is 0 Å². The first kappa shape index (κ1) is 16.3. The van der Waals surface area contributed by atoms with Crippen molar-refractivity contribution in [2.24, 2.45) is 11.3 Å². The van der Waals surface area contributed by atoms with Crippen LogP contribution < -0.4 is 0 Å². The molecular formula is C20H26O3. The lowest BCUT2D eigenvalue weighted by Crippen LogP contribution is -2.43. The van der Waals surface area contributed by atoms with Crippen molar-refractivity contribution in [1.29, 1.82) is 0 Å². The van der Waals surface area contributed by atoms with Crippen LogP contribution in [0.1, 0.15) is 44.6 Å². The van der Waals surface area contributed by atoms with Gasteiger partial charge < -0.3 is 9.47 Å². The molecule has 0 radical (unpaired) electrons. The molecular weight excluding hydrogens is 288 g/mol. The number of esters is 1. The van der Waals surface area contributed by atoms with Crippen LogP contribution in [-0.4, -0.2) is 19.2 Å². The van der Waals surface area contributed by atoms with E-state index in [0.717, 1.165) is 37.7 Å². The predicted molar refractivity (Wildman–Crippen MR) is 89.8 cm³/mol. The molecule has 0 aliphatic heterocycles. The summed E-state index contributed by atoms with van der Waals surface area (Å²) in [6, 6.07) is 10.4. The lowest BCUT2D eigenvalue weighted by molar-refractivity contribution is -0.137. The third-order valence-corrected chi connectivity index (χ3v) is 5.48. The molecule has 1 aromatic rings. The smallest absolute Gasteiger partial charge is 0.333 e. The number of hydrogen-bond donors (Lipinski definition) is 0. The van der Waals surface area contributed by atoms with Gasteiger partial charge in [-0.2, -0.15) is 0 Å². The average Bonchev–Trinajstić information content (AvgIpc) is 2.58. The van der Waals surface area contributed by atoms with Gasteiger partial charge in [-0.3, -0.25) is 0 Å². The zero-order chi connectivity index (χ0) is 16.3. The van der Waals surface area contributed by atoms with Crippen LogP contribution in [0.2, 0.25) is 0 Å². The van der Waals surface area contributed by atoms with Gasteiger partial charge in [-0.15, -0.1) is 0 Å². The average molecular weight is 314 g/mol. The Hall–Kier alpha value is -1.61. The molecule has 0 aromatic heterocycles. The molecule has 0 spiro atoms. The Morgan fingerprint density at radius 3 is 2.78 bits per heavy atom. The van der Waals surface area contributed by atoms with Gasteiger partial charge in [-0.05, 0) is 49.0 Å². The topological polar surface area (TPSA) is 35.5 Å². The first-order chi connectivity index (χ1) is 11.1. The van der Waals surface area contributed by atoms with E-state index in [-0.39, 0.29) is 17.5 Å². The van der Waals surface area contributed by atoms with Crippen molar-refractivity contribution >= 4 is 5.97 Å². The maximum absolute atomic E-state index is 11.9. The molecule has 0 bridgehead atoms. The summed E-state index contributed by atoms with van der Waals surface area (Å²) in [4.78, 5) is 11.9. The monoisotopic (exact) mass is 314 g/mol. The maximum Gasteiger partial charge on any atom is 0.333 e. The summed E-state index contributed by atoms with van der Waals surface area (Å²) in [6.45, 7) is 2.95. The maximum atomic E-state index is 11.9. The largest absolute Gasteiger partial charge is 0.466 e. The highest BCUT2D eigenvalue weighted by Gasteiger charge is 2.44. The van der Waals surface area contributed by atoms with Crippen molar-refractivity contribution in [1.82, 2.24) is 0 Å². The highest BCUT2D eigenvalue weighted by Crippen LogP contribution is 2.49. The van der Waals surface area contributed by atoms with Gasteiger partial charge in [-0.1, -0.05) is 43.3 Å². The first-order valence-electron chi connectivity index (χ1n) is 8.58. The molecule has 0 saturated heterocycles. The fourth-order valence-corrected chi connectivity index (χ4v) is 4.24. The SMILES string of the molecule is COC(=O)C1=CC2(C)CCC[C@@H](OCc3ccccc3)[C@@H]2CC1. The van der Waals surface area contributed by atoms with Crippen molar-refractivity contribution in [3.63, 3.8) is 0 Å². The summed E-state index contributed by atoms with van der Waals surface area (Å²) in [5.41, 5.74) is 2.12. The summed E-state index contributed by atoms with van der Waals surface area (Å²) in [5, 5.41) is 0. The lowest BCUT2D eigenvalue weighted by Gasteiger charge is -2.47. The van der Waals surface area contributed by atoms with Crippen molar-refractivity contribution in [2.45, 2.75) is 51.7 Å². The quantitative estimate of drug-likeness (QED) is 0.779. The molecule has 23 heavy (non-hydrogen) atoms. The van der Waals surface area contributed by atoms with Gasteiger partial charge in [0.15, 0.2) is 0 Å². The van der Waals surface area contributed by atoms with Crippen LogP contribution in [0.15, 0.2) is 42.0 Å². The Balaban J connectivity index is 1.70. The Morgan fingerprint density at radius 1 is 1.26 bits per heavy atom. The van der Waals surface area contributed by atoms with Crippen LogP contribution in [0.5, 0.6) is 0 Å². The molecule has 0 heterocycles. The van der Waals surface area contributed by atoms with E-state index in [1.165, 1.54) is 12.7 Å². The highest BCUT2D eigenvalue weighted by atomic mass is 16.5. The molecule has 3 nitrogen and oxygen atoms in total. The van der Waals surface area contributed by atoms with Gasteiger partial charge in [0, 0.05) is 5.57 Å². The van der Waals surface area contributed by atoms with E-state index in [2.05, 4.69) is 37.3 Å². The number of carbonyl (C=O) groups excluding carboxylic acids is 1. The molecule has 2 aliphatic carbocycles. The van der Waals surface area contributed by atoms with Crippen molar-refractivity contribution in [2.75, 3.05) is 7.11 Å². The van der Waals surface area contributed by atoms with E-state index in [1.807, 2.05) is 6.07 Å². The van der Waals surface area contributed by atoms with E-state index in [4.69, 9.17) is 9.47 Å². The molecule has 0 amide bonds. The van der Waals surface area contributed by atoms with Gasteiger partial charge in [0.05, 0.1) is 19.8 Å². The molecule has 3 heteroatoms. The number of methoxy groups -OCH3 is 1. The standard InChI is InChI=1S/C20H26O3/c1-20-12-6-9-18(23-14-15-7-4-3-5-8-15)17(20)11-10-16(13-20)19(21)22-2/h3-5,7-8,13,17-18H,6,9-12,14H2,1-2H3/t17-,18+,20?/m0/s1. The molecule has 124 valence electrons. The van der Waals surface area contributed by atoms with Crippen LogP contribution in [0.3, 0.4) is 0 Å². The number of rotatable bonds is 4. The molecule has 0 N–H and O–H groups in total. The van der Waals surface area contributed by atoms with Crippen LogP contribution in [0.25, 0.3) is 0 Å². The Bertz CT molecular complexity index is 578.